The molecule has 4 aliphatic rings. The molecule has 2 N–H and O–H groups in total. The minimum absolute atomic E-state index is 0.0997. The van der Waals surface area contributed by atoms with Gasteiger partial charge in [-0.25, -0.2) is 4.79 Å². The van der Waals surface area contributed by atoms with E-state index in [1.54, 1.807) is 0 Å². The number of carbonyl (C=O) groups excluding carboxylic acids is 1. The van der Waals surface area contributed by atoms with Gasteiger partial charge >= 0.3 is 12.1 Å². The van der Waals surface area contributed by atoms with Crippen molar-refractivity contribution in [2.45, 2.75) is 117 Å². The Bertz CT molecular complexity index is 725. The number of ether oxygens (including phenoxy) is 1. The number of nitrogens with one attached hydrogen (secondary N) is 1. The van der Waals surface area contributed by atoms with Crippen molar-refractivity contribution in [1.82, 2.24) is 5.32 Å². The average molecular weight is 434 g/mol. The number of carboxylic acid groups (broad SMARTS) is 1. The number of fused-ring (bicyclic) bond motifs is 5. The molecule has 0 saturated heterocycles. The summed E-state index contributed by atoms with van der Waals surface area (Å²) in [6.07, 6.45) is 11.2. The van der Waals surface area contributed by atoms with Crippen LogP contribution in [-0.4, -0.2) is 28.8 Å². The first-order chi connectivity index (χ1) is 14.4. The number of carboxylic acids is 1. The van der Waals surface area contributed by atoms with Crippen molar-refractivity contribution in [1.29, 1.82) is 0 Å². The average Bonchev–Trinajstić information content (AvgIpc) is 2.58. The summed E-state index contributed by atoms with van der Waals surface area (Å²) in [6, 6.07) is 0.133. The van der Waals surface area contributed by atoms with Crippen molar-refractivity contribution in [3.05, 3.63) is 0 Å². The van der Waals surface area contributed by atoms with Gasteiger partial charge < -0.3 is 15.2 Å². The van der Waals surface area contributed by atoms with E-state index >= 15 is 0 Å². The van der Waals surface area contributed by atoms with Crippen LogP contribution in [0.3, 0.4) is 0 Å². The maximum absolute atomic E-state index is 12.6. The Morgan fingerprint density at radius 2 is 1.65 bits per heavy atom. The van der Waals surface area contributed by atoms with Crippen LogP contribution >= 0.6 is 0 Å². The molecule has 4 saturated carbocycles. The number of alkyl carbamates (subject to hydrolysis) is 1. The summed E-state index contributed by atoms with van der Waals surface area (Å²) < 4.78 is 5.58. The number of amides is 1. The second-order valence-electron chi connectivity index (χ2n) is 13.1. The van der Waals surface area contributed by atoms with Crippen LogP contribution in [0.1, 0.15) is 105 Å². The molecule has 4 fully saturated rings. The maximum Gasteiger partial charge on any atom is 0.407 e. The zero-order valence-corrected chi connectivity index (χ0v) is 20.3. The van der Waals surface area contributed by atoms with Crippen molar-refractivity contribution < 1.29 is 19.4 Å². The third kappa shape index (κ3) is 4.23. The Labute approximate surface area is 188 Å². The van der Waals surface area contributed by atoms with Gasteiger partial charge in [-0.1, -0.05) is 20.3 Å². The number of carbonyl (C=O) groups is 2. The molecule has 31 heavy (non-hydrogen) atoms. The standard InChI is InChI=1S/C26H43NO4/c1-17-9-19-10-20(27-22(30)31-23(3,4)5)15-26(12-17,14-19)25-8-6-7-24(16-25,21(28)29)11-18(2)13-25/h17-20H,6-16H2,1-5H3,(H,27,30)(H,28,29). The lowest BCUT2D eigenvalue weighted by Crippen LogP contribution is -2.60. The third-order valence-electron chi connectivity index (χ3n) is 9.17. The van der Waals surface area contributed by atoms with E-state index in [1.807, 2.05) is 20.8 Å². The minimum atomic E-state index is -0.570. The smallest absolute Gasteiger partial charge is 0.407 e. The van der Waals surface area contributed by atoms with Crippen LogP contribution in [0.4, 0.5) is 4.79 Å². The molecule has 7 atom stereocenters. The van der Waals surface area contributed by atoms with Gasteiger partial charge in [0.2, 0.25) is 0 Å². The number of aliphatic carboxylic acids is 1. The van der Waals surface area contributed by atoms with Crippen molar-refractivity contribution >= 4 is 12.1 Å². The van der Waals surface area contributed by atoms with Crippen LogP contribution < -0.4 is 5.32 Å². The molecule has 7 unspecified atom stereocenters. The van der Waals surface area contributed by atoms with Crippen LogP contribution in [0.2, 0.25) is 0 Å². The summed E-state index contributed by atoms with van der Waals surface area (Å²) in [5.41, 5.74) is -0.791. The molecule has 5 heteroatoms. The van der Waals surface area contributed by atoms with Gasteiger partial charge in [0, 0.05) is 6.04 Å². The van der Waals surface area contributed by atoms with Crippen molar-refractivity contribution in [2.24, 2.45) is 34.0 Å². The molecule has 0 heterocycles. The lowest BCUT2D eigenvalue weighted by Gasteiger charge is -2.66. The van der Waals surface area contributed by atoms with E-state index < -0.39 is 17.0 Å². The monoisotopic (exact) mass is 433 g/mol. The second kappa shape index (κ2) is 7.66. The van der Waals surface area contributed by atoms with Gasteiger partial charge in [-0.05, 0) is 114 Å². The number of hydrogen-bond acceptors (Lipinski definition) is 3. The van der Waals surface area contributed by atoms with Gasteiger partial charge in [-0.2, -0.15) is 0 Å². The molecule has 0 aliphatic heterocycles. The van der Waals surface area contributed by atoms with E-state index in [0.29, 0.717) is 17.8 Å². The molecule has 176 valence electrons. The predicted molar refractivity (Wildman–Crippen MR) is 121 cm³/mol. The Kier molecular flexibility index (Phi) is 5.66. The Hall–Kier alpha value is -1.26. The molecule has 4 aliphatic carbocycles. The molecule has 0 aromatic carbocycles. The minimum Gasteiger partial charge on any atom is -0.481 e. The first-order valence-corrected chi connectivity index (χ1v) is 12.6. The normalized spacial score (nSPS) is 44.9. The fourth-order valence-corrected chi connectivity index (χ4v) is 8.86. The molecular weight excluding hydrogens is 390 g/mol. The van der Waals surface area contributed by atoms with Crippen LogP contribution in [-0.2, 0) is 9.53 Å². The van der Waals surface area contributed by atoms with E-state index in [9.17, 15) is 14.7 Å². The third-order valence-corrected chi connectivity index (χ3v) is 9.17. The molecule has 0 radical (unpaired) electrons. The summed E-state index contributed by atoms with van der Waals surface area (Å²) in [4.78, 5) is 25.0. The number of hydrogen-bond donors (Lipinski definition) is 2. The molecule has 0 spiro atoms. The van der Waals surface area contributed by atoms with Gasteiger partial charge in [-0.15, -0.1) is 0 Å². The molecule has 1 amide bonds. The predicted octanol–water partition coefficient (Wildman–Crippen LogP) is 6.16. The molecule has 4 rings (SSSR count). The van der Waals surface area contributed by atoms with Gasteiger partial charge in [0.1, 0.15) is 5.60 Å². The SMILES string of the molecule is CC1CC2CC(NC(=O)OC(C)(C)C)CC(C34CCCC(C(=O)O)(CC(C)C3)C4)(C1)C2. The van der Waals surface area contributed by atoms with Crippen LogP contribution in [0.5, 0.6) is 0 Å². The first-order valence-electron chi connectivity index (χ1n) is 12.6. The highest BCUT2D eigenvalue weighted by Crippen LogP contribution is 2.70. The highest BCUT2D eigenvalue weighted by atomic mass is 16.6. The van der Waals surface area contributed by atoms with Gasteiger partial charge in [0.15, 0.2) is 0 Å². The topological polar surface area (TPSA) is 75.6 Å². The zero-order chi connectivity index (χ0) is 22.7. The summed E-state index contributed by atoms with van der Waals surface area (Å²) >= 11 is 0. The van der Waals surface area contributed by atoms with Crippen LogP contribution in [0.25, 0.3) is 0 Å². The van der Waals surface area contributed by atoms with Gasteiger partial charge in [0.25, 0.3) is 0 Å². The summed E-state index contributed by atoms with van der Waals surface area (Å²) in [6.45, 7) is 10.4. The van der Waals surface area contributed by atoms with Gasteiger partial charge in [-0.3, -0.25) is 4.79 Å². The molecule has 0 aromatic rings. The zero-order valence-electron chi connectivity index (χ0n) is 20.3. The highest BCUT2D eigenvalue weighted by molar-refractivity contribution is 5.75. The van der Waals surface area contributed by atoms with Gasteiger partial charge in [0.05, 0.1) is 5.41 Å². The Morgan fingerprint density at radius 3 is 2.32 bits per heavy atom. The van der Waals surface area contributed by atoms with Crippen molar-refractivity contribution in [3.8, 4) is 0 Å². The van der Waals surface area contributed by atoms with E-state index in [1.165, 1.54) is 19.3 Å². The Balaban J connectivity index is 1.64. The van der Waals surface area contributed by atoms with E-state index in [4.69, 9.17) is 4.74 Å². The van der Waals surface area contributed by atoms with Crippen molar-refractivity contribution in [3.63, 3.8) is 0 Å². The molecule has 4 bridgehead atoms. The maximum atomic E-state index is 12.6. The van der Waals surface area contributed by atoms with E-state index in [0.717, 1.165) is 51.4 Å². The lowest BCUT2D eigenvalue weighted by molar-refractivity contribution is -0.183. The second-order valence-corrected chi connectivity index (χ2v) is 13.1. The Morgan fingerprint density at radius 1 is 0.935 bits per heavy atom. The number of rotatable bonds is 3. The molecular formula is C26H43NO4. The first kappa shape index (κ1) is 22.9. The summed E-state index contributed by atoms with van der Waals surface area (Å²) in [5.74, 6) is 1.17. The van der Waals surface area contributed by atoms with Crippen LogP contribution in [0, 0.1) is 34.0 Å². The van der Waals surface area contributed by atoms with E-state index in [-0.39, 0.29) is 23.0 Å². The summed E-state index contributed by atoms with van der Waals surface area (Å²) in [7, 11) is 0. The summed E-state index contributed by atoms with van der Waals surface area (Å²) in [5, 5.41) is 13.5. The molecule has 0 aromatic heterocycles. The highest BCUT2D eigenvalue weighted by Gasteiger charge is 2.64. The lowest BCUT2D eigenvalue weighted by atomic mass is 9.39. The quantitative estimate of drug-likeness (QED) is 0.559. The fourth-order valence-electron chi connectivity index (χ4n) is 8.86. The van der Waals surface area contributed by atoms with E-state index in [2.05, 4.69) is 19.2 Å². The van der Waals surface area contributed by atoms with Crippen LogP contribution in [0.15, 0.2) is 0 Å². The van der Waals surface area contributed by atoms with Crippen molar-refractivity contribution in [2.75, 3.05) is 0 Å². The largest absolute Gasteiger partial charge is 0.481 e. The molecule has 5 nitrogen and oxygen atoms in total. The fraction of sp³-hybridized carbons (Fsp3) is 0.923.